The quantitative estimate of drug-likeness (QED) is 0.772. The SMILES string of the molecule is CCNC(c1cccc2ccccc12)C(CC)CC. The third-order valence-electron chi connectivity index (χ3n) is 4.10. The second-order valence-corrected chi connectivity index (χ2v) is 5.18. The molecule has 2 aromatic carbocycles. The van der Waals surface area contributed by atoms with Crippen molar-refractivity contribution in [2.45, 2.75) is 39.7 Å². The van der Waals surface area contributed by atoms with E-state index in [0.717, 1.165) is 6.54 Å². The average Bonchev–Trinajstić information content (AvgIpc) is 2.47. The molecule has 0 bridgehead atoms. The molecule has 1 nitrogen and oxygen atoms in total. The molecule has 0 aliphatic heterocycles. The van der Waals surface area contributed by atoms with Crippen LogP contribution in [-0.4, -0.2) is 6.54 Å². The fourth-order valence-corrected chi connectivity index (χ4v) is 3.03. The molecule has 0 radical (unpaired) electrons. The summed E-state index contributed by atoms with van der Waals surface area (Å²) < 4.78 is 0. The van der Waals surface area contributed by atoms with Crippen molar-refractivity contribution in [3.63, 3.8) is 0 Å². The Kier molecular flexibility index (Phi) is 4.98. The Morgan fingerprint density at radius 2 is 1.58 bits per heavy atom. The van der Waals surface area contributed by atoms with Gasteiger partial charge in [0, 0.05) is 6.04 Å². The minimum atomic E-state index is 0.464. The summed E-state index contributed by atoms with van der Waals surface area (Å²) in [6.07, 6.45) is 2.44. The number of benzene rings is 2. The van der Waals surface area contributed by atoms with Gasteiger partial charge < -0.3 is 5.32 Å². The van der Waals surface area contributed by atoms with Crippen LogP contribution in [0.1, 0.15) is 45.2 Å². The third kappa shape index (κ3) is 2.98. The standard InChI is InChI=1S/C18H25N/c1-4-14(5-2)18(19-6-3)17-13-9-11-15-10-7-8-12-16(15)17/h7-14,18-19H,4-6H2,1-3H3. The summed E-state index contributed by atoms with van der Waals surface area (Å²) in [6, 6.07) is 15.8. The molecule has 2 rings (SSSR count). The van der Waals surface area contributed by atoms with Gasteiger partial charge in [0.05, 0.1) is 0 Å². The Morgan fingerprint density at radius 3 is 2.26 bits per heavy atom. The van der Waals surface area contributed by atoms with E-state index in [4.69, 9.17) is 0 Å². The van der Waals surface area contributed by atoms with Crippen LogP contribution in [0.4, 0.5) is 0 Å². The van der Waals surface area contributed by atoms with Crippen molar-refractivity contribution in [2.75, 3.05) is 6.54 Å². The highest BCUT2D eigenvalue weighted by molar-refractivity contribution is 5.86. The van der Waals surface area contributed by atoms with E-state index >= 15 is 0 Å². The first-order valence-corrected chi connectivity index (χ1v) is 7.52. The minimum Gasteiger partial charge on any atom is -0.310 e. The van der Waals surface area contributed by atoms with Gasteiger partial charge in [-0.25, -0.2) is 0 Å². The molecule has 0 saturated carbocycles. The van der Waals surface area contributed by atoms with Crippen LogP contribution in [0.5, 0.6) is 0 Å². The van der Waals surface area contributed by atoms with Gasteiger partial charge in [-0.2, -0.15) is 0 Å². The van der Waals surface area contributed by atoms with Gasteiger partial charge in [-0.3, -0.25) is 0 Å². The molecule has 102 valence electrons. The summed E-state index contributed by atoms with van der Waals surface area (Å²) in [5, 5.41) is 6.43. The molecule has 2 aromatic rings. The second kappa shape index (κ2) is 6.72. The maximum absolute atomic E-state index is 3.69. The van der Waals surface area contributed by atoms with Crippen molar-refractivity contribution >= 4 is 10.8 Å². The topological polar surface area (TPSA) is 12.0 Å². The average molecular weight is 255 g/mol. The van der Waals surface area contributed by atoms with Crippen molar-refractivity contribution in [1.82, 2.24) is 5.32 Å². The molecule has 0 spiro atoms. The van der Waals surface area contributed by atoms with Crippen LogP contribution in [0.2, 0.25) is 0 Å². The zero-order chi connectivity index (χ0) is 13.7. The third-order valence-corrected chi connectivity index (χ3v) is 4.10. The first kappa shape index (κ1) is 14.1. The molecule has 0 amide bonds. The van der Waals surface area contributed by atoms with E-state index in [1.54, 1.807) is 0 Å². The first-order valence-electron chi connectivity index (χ1n) is 7.52. The molecule has 1 N–H and O–H groups in total. The largest absolute Gasteiger partial charge is 0.310 e. The van der Waals surface area contributed by atoms with Crippen molar-refractivity contribution in [2.24, 2.45) is 5.92 Å². The molecule has 0 aliphatic rings. The zero-order valence-electron chi connectivity index (χ0n) is 12.3. The molecule has 1 atom stereocenters. The summed E-state index contributed by atoms with van der Waals surface area (Å²) in [5.41, 5.74) is 1.45. The van der Waals surface area contributed by atoms with Crippen LogP contribution < -0.4 is 5.32 Å². The Hall–Kier alpha value is -1.34. The molecule has 0 aromatic heterocycles. The van der Waals surface area contributed by atoms with E-state index < -0.39 is 0 Å². The number of rotatable bonds is 6. The number of hydrogen-bond acceptors (Lipinski definition) is 1. The summed E-state index contributed by atoms with van der Waals surface area (Å²) in [7, 11) is 0. The first-order chi connectivity index (χ1) is 9.31. The molecular formula is C18H25N. The number of hydrogen-bond donors (Lipinski definition) is 1. The summed E-state index contributed by atoms with van der Waals surface area (Å²) in [5.74, 6) is 0.700. The van der Waals surface area contributed by atoms with Gasteiger partial charge in [0.15, 0.2) is 0 Å². The van der Waals surface area contributed by atoms with E-state index in [1.807, 2.05) is 0 Å². The maximum Gasteiger partial charge on any atom is 0.0354 e. The highest BCUT2D eigenvalue weighted by Gasteiger charge is 2.20. The molecule has 0 fully saturated rings. The van der Waals surface area contributed by atoms with Crippen molar-refractivity contribution in [1.29, 1.82) is 0 Å². The van der Waals surface area contributed by atoms with Crippen LogP contribution >= 0.6 is 0 Å². The number of nitrogens with one attached hydrogen (secondary N) is 1. The maximum atomic E-state index is 3.69. The Morgan fingerprint density at radius 1 is 0.895 bits per heavy atom. The van der Waals surface area contributed by atoms with Crippen molar-refractivity contribution in [3.05, 3.63) is 48.0 Å². The van der Waals surface area contributed by atoms with E-state index in [-0.39, 0.29) is 0 Å². The molecule has 19 heavy (non-hydrogen) atoms. The van der Waals surface area contributed by atoms with Crippen LogP contribution in [0, 0.1) is 5.92 Å². The molecule has 1 heteroatoms. The normalized spacial score (nSPS) is 13.1. The lowest BCUT2D eigenvalue weighted by Crippen LogP contribution is -2.28. The predicted molar refractivity (Wildman–Crippen MR) is 84.4 cm³/mol. The van der Waals surface area contributed by atoms with E-state index in [0.29, 0.717) is 12.0 Å². The predicted octanol–water partition coefficient (Wildman–Crippen LogP) is 4.93. The van der Waals surface area contributed by atoms with Crippen molar-refractivity contribution < 1.29 is 0 Å². The fourth-order valence-electron chi connectivity index (χ4n) is 3.03. The van der Waals surface area contributed by atoms with Gasteiger partial charge in [-0.1, -0.05) is 76.1 Å². The molecular weight excluding hydrogens is 230 g/mol. The van der Waals surface area contributed by atoms with Gasteiger partial charge in [-0.15, -0.1) is 0 Å². The lowest BCUT2D eigenvalue weighted by atomic mass is 9.86. The van der Waals surface area contributed by atoms with Crippen LogP contribution in [0.3, 0.4) is 0 Å². The minimum absolute atomic E-state index is 0.464. The zero-order valence-corrected chi connectivity index (χ0v) is 12.3. The molecule has 0 aliphatic carbocycles. The lowest BCUT2D eigenvalue weighted by Gasteiger charge is -2.27. The van der Waals surface area contributed by atoms with Crippen molar-refractivity contribution in [3.8, 4) is 0 Å². The van der Waals surface area contributed by atoms with E-state index in [2.05, 4.69) is 68.6 Å². The van der Waals surface area contributed by atoms with Gasteiger partial charge in [-0.05, 0) is 28.8 Å². The Labute approximate surface area is 117 Å². The van der Waals surface area contributed by atoms with E-state index in [1.165, 1.54) is 29.2 Å². The van der Waals surface area contributed by atoms with Crippen LogP contribution in [0.25, 0.3) is 10.8 Å². The molecule has 0 saturated heterocycles. The highest BCUT2D eigenvalue weighted by Crippen LogP contribution is 2.32. The highest BCUT2D eigenvalue weighted by atomic mass is 14.9. The van der Waals surface area contributed by atoms with Crippen LogP contribution in [-0.2, 0) is 0 Å². The van der Waals surface area contributed by atoms with Gasteiger partial charge in [0.1, 0.15) is 0 Å². The van der Waals surface area contributed by atoms with E-state index in [9.17, 15) is 0 Å². The van der Waals surface area contributed by atoms with Gasteiger partial charge >= 0.3 is 0 Å². The van der Waals surface area contributed by atoms with Crippen LogP contribution in [0.15, 0.2) is 42.5 Å². The summed E-state index contributed by atoms with van der Waals surface area (Å²) in [4.78, 5) is 0. The molecule has 0 heterocycles. The second-order valence-electron chi connectivity index (χ2n) is 5.18. The monoisotopic (exact) mass is 255 g/mol. The Bertz CT molecular complexity index is 509. The number of fused-ring (bicyclic) bond motifs is 1. The fraction of sp³-hybridized carbons (Fsp3) is 0.444. The molecule has 1 unspecified atom stereocenters. The smallest absolute Gasteiger partial charge is 0.0354 e. The van der Waals surface area contributed by atoms with Gasteiger partial charge in [0.25, 0.3) is 0 Å². The Balaban J connectivity index is 2.49. The van der Waals surface area contributed by atoms with Gasteiger partial charge in [0.2, 0.25) is 0 Å². The lowest BCUT2D eigenvalue weighted by molar-refractivity contribution is 0.348. The summed E-state index contributed by atoms with van der Waals surface area (Å²) >= 11 is 0. The summed E-state index contributed by atoms with van der Waals surface area (Å²) in [6.45, 7) is 7.80.